The number of anilines is 1. The Labute approximate surface area is 165 Å². The van der Waals surface area contributed by atoms with Crippen LogP contribution in [0.3, 0.4) is 0 Å². The van der Waals surface area contributed by atoms with Crippen LogP contribution < -0.4 is 5.32 Å². The van der Waals surface area contributed by atoms with Crippen LogP contribution in [0.25, 0.3) is 16.5 Å². The van der Waals surface area contributed by atoms with E-state index in [4.69, 9.17) is 4.74 Å². The monoisotopic (exact) mass is 400 g/mol. The van der Waals surface area contributed by atoms with Crippen molar-refractivity contribution in [2.75, 3.05) is 18.5 Å². The summed E-state index contributed by atoms with van der Waals surface area (Å²) in [6, 6.07) is 6.79. The molecule has 29 heavy (non-hydrogen) atoms. The van der Waals surface area contributed by atoms with Crippen molar-refractivity contribution in [3.8, 4) is 0 Å². The lowest BCUT2D eigenvalue weighted by Gasteiger charge is -2.18. The Bertz CT molecular complexity index is 1090. The summed E-state index contributed by atoms with van der Waals surface area (Å²) < 4.78 is 44.5. The van der Waals surface area contributed by atoms with Crippen LogP contribution in [-0.4, -0.2) is 28.2 Å². The minimum Gasteiger partial charge on any atom is -0.373 e. The highest BCUT2D eigenvalue weighted by Crippen LogP contribution is 2.32. The van der Waals surface area contributed by atoms with E-state index in [1.807, 2.05) is 12.1 Å². The molecule has 0 amide bonds. The fourth-order valence-corrected chi connectivity index (χ4v) is 3.27. The van der Waals surface area contributed by atoms with Crippen LogP contribution in [0.2, 0.25) is 0 Å². The summed E-state index contributed by atoms with van der Waals surface area (Å²) in [6.07, 6.45) is -0.730. The maximum atomic E-state index is 13.0. The topological polar surface area (TPSA) is 59.9 Å². The normalized spacial score (nSPS) is 15.4. The quantitative estimate of drug-likeness (QED) is 0.672. The van der Waals surface area contributed by atoms with Gasteiger partial charge in [0.1, 0.15) is 11.6 Å². The summed E-state index contributed by atoms with van der Waals surface area (Å²) in [5.74, 6) is 1.11. The molecule has 3 heterocycles. The standard InChI is InChI=1S/C21H19F3N4O/c1-12(14-4-3-5-16(8-14)21(22,23)24)26-20-17-9-18(15-6-7-29-11-15)25-10-19(17)27-13(2)28-20/h3-6,8-10,12H,7,11H2,1-2H3,(H,26,27,28)/t12-/m1/s1. The second-order valence-electron chi connectivity index (χ2n) is 6.94. The van der Waals surface area contributed by atoms with Crippen LogP contribution in [0, 0.1) is 6.92 Å². The molecule has 0 saturated carbocycles. The number of ether oxygens (including phenoxy) is 1. The number of hydrogen-bond donors (Lipinski definition) is 1. The maximum Gasteiger partial charge on any atom is 0.416 e. The van der Waals surface area contributed by atoms with E-state index in [-0.39, 0.29) is 6.04 Å². The summed E-state index contributed by atoms with van der Waals surface area (Å²) in [5.41, 5.74) is 2.28. The van der Waals surface area contributed by atoms with Crippen molar-refractivity contribution in [3.05, 3.63) is 65.2 Å². The summed E-state index contributed by atoms with van der Waals surface area (Å²) in [7, 11) is 0. The second-order valence-corrected chi connectivity index (χ2v) is 6.94. The van der Waals surface area contributed by atoms with Crippen molar-refractivity contribution < 1.29 is 17.9 Å². The van der Waals surface area contributed by atoms with Crippen molar-refractivity contribution in [2.45, 2.75) is 26.1 Å². The third-order valence-corrected chi connectivity index (χ3v) is 4.80. The van der Waals surface area contributed by atoms with Gasteiger partial charge in [-0.15, -0.1) is 0 Å². The molecule has 4 rings (SSSR count). The van der Waals surface area contributed by atoms with Gasteiger partial charge in [-0.1, -0.05) is 18.2 Å². The van der Waals surface area contributed by atoms with Gasteiger partial charge in [0, 0.05) is 17.0 Å². The zero-order valence-corrected chi connectivity index (χ0v) is 15.9. The lowest BCUT2D eigenvalue weighted by atomic mass is 10.0. The number of rotatable bonds is 4. The van der Waals surface area contributed by atoms with Gasteiger partial charge < -0.3 is 10.1 Å². The van der Waals surface area contributed by atoms with Crippen molar-refractivity contribution in [2.24, 2.45) is 0 Å². The van der Waals surface area contributed by atoms with E-state index in [1.54, 1.807) is 26.1 Å². The van der Waals surface area contributed by atoms with Gasteiger partial charge in [-0.2, -0.15) is 13.2 Å². The van der Waals surface area contributed by atoms with Gasteiger partial charge in [0.15, 0.2) is 0 Å². The van der Waals surface area contributed by atoms with Crippen LogP contribution in [0.4, 0.5) is 19.0 Å². The second kappa shape index (κ2) is 7.44. The number of aryl methyl sites for hydroxylation is 1. The van der Waals surface area contributed by atoms with E-state index in [9.17, 15) is 13.2 Å². The molecule has 1 N–H and O–H groups in total. The Morgan fingerprint density at radius 1 is 1.17 bits per heavy atom. The third kappa shape index (κ3) is 4.07. The van der Waals surface area contributed by atoms with Crippen LogP contribution in [0.15, 0.2) is 42.6 Å². The molecule has 5 nitrogen and oxygen atoms in total. The fourth-order valence-electron chi connectivity index (χ4n) is 3.27. The molecule has 3 aromatic rings. The maximum absolute atomic E-state index is 13.0. The number of nitrogens with one attached hydrogen (secondary N) is 1. The van der Waals surface area contributed by atoms with Crippen molar-refractivity contribution in [1.82, 2.24) is 15.0 Å². The molecule has 150 valence electrons. The fraction of sp³-hybridized carbons (Fsp3) is 0.286. The van der Waals surface area contributed by atoms with Gasteiger partial charge in [-0.3, -0.25) is 4.98 Å². The molecular weight excluding hydrogens is 381 g/mol. The molecule has 1 atom stereocenters. The van der Waals surface area contributed by atoms with Gasteiger partial charge >= 0.3 is 6.18 Å². The first-order valence-corrected chi connectivity index (χ1v) is 9.16. The average molecular weight is 400 g/mol. The van der Waals surface area contributed by atoms with Crippen LogP contribution in [0.1, 0.15) is 35.6 Å². The number of aromatic nitrogens is 3. The van der Waals surface area contributed by atoms with E-state index in [1.165, 1.54) is 6.07 Å². The van der Waals surface area contributed by atoms with Crippen molar-refractivity contribution in [3.63, 3.8) is 0 Å². The Morgan fingerprint density at radius 2 is 2.00 bits per heavy atom. The van der Waals surface area contributed by atoms with Crippen molar-refractivity contribution >= 4 is 22.3 Å². The minimum atomic E-state index is -4.38. The number of hydrogen-bond acceptors (Lipinski definition) is 5. The molecule has 0 fully saturated rings. The van der Waals surface area contributed by atoms with Crippen LogP contribution >= 0.6 is 0 Å². The predicted molar refractivity (Wildman–Crippen MR) is 104 cm³/mol. The first kappa shape index (κ1) is 19.3. The Hall–Kier alpha value is -3.00. The average Bonchev–Trinajstić information content (AvgIpc) is 3.22. The Kier molecular flexibility index (Phi) is 4.96. The summed E-state index contributed by atoms with van der Waals surface area (Å²) in [4.78, 5) is 13.4. The molecule has 0 unspecified atom stereocenters. The zero-order valence-electron chi connectivity index (χ0n) is 15.9. The zero-order chi connectivity index (χ0) is 20.6. The molecule has 0 aliphatic carbocycles. The molecule has 0 spiro atoms. The van der Waals surface area contributed by atoms with E-state index >= 15 is 0 Å². The summed E-state index contributed by atoms with van der Waals surface area (Å²) in [5, 5.41) is 4.00. The number of benzene rings is 1. The van der Waals surface area contributed by atoms with E-state index in [0.717, 1.165) is 28.8 Å². The summed E-state index contributed by atoms with van der Waals surface area (Å²) in [6.45, 7) is 4.61. The molecule has 1 aliphatic rings. The Morgan fingerprint density at radius 3 is 2.72 bits per heavy atom. The summed E-state index contributed by atoms with van der Waals surface area (Å²) >= 11 is 0. The number of alkyl halides is 3. The Balaban J connectivity index is 1.70. The molecule has 8 heteroatoms. The molecule has 0 bridgehead atoms. The number of fused-ring (bicyclic) bond motifs is 1. The molecular formula is C21H19F3N4O. The van der Waals surface area contributed by atoms with Crippen LogP contribution in [-0.2, 0) is 10.9 Å². The van der Waals surface area contributed by atoms with Gasteiger partial charge in [-0.25, -0.2) is 9.97 Å². The minimum absolute atomic E-state index is 0.388. The number of pyridine rings is 1. The lowest BCUT2D eigenvalue weighted by molar-refractivity contribution is -0.137. The van der Waals surface area contributed by atoms with Gasteiger partial charge in [0.25, 0.3) is 0 Å². The lowest BCUT2D eigenvalue weighted by Crippen LogP contribution is -2.12. The highest BCUT2D eigenvalue weighted by molar-refractivity contribution is 5.90. The predicted octanol–water partition coefficient (Wildman–Crippen LogP) is 4.94. The first-order valence-electron chi connectivity index (χ1n) is 9.16. The molecule has 2 aromatic heterocycles. The smallest absolute Gasteiger partial charge is 0.373 e. The molecule has 1 aliphatic heterocycles. The number of halogens is 3. The van der Waals surface area contributed by atoms with Gasteiger partial charge in [0.05, 0.1) is 36.2 Å². The SMILES string of the molecule is Cc1nc(N[C@H](C)c2cccc(C(F)(F)F)c2)c2cc(C3=CCOC3)ncc2n1. The van der Waals surface area contributed by atoms with Gasteiger partial charge in [0.2, 0.25) is 0 Å². The molecule has 0 saturated heterocycles. The van der Waals surface area contributed by atoms with Crippen LogP contribution in [0.5, 0.6) is 0 Å². The van der Waals surface area contributed by atoms with Gasteiger partial charge in [-0.05, 0) is 37.6 Å². The molecule has 0 radical (unpaired) electrons. The van der Waals surface area contributed by atoms with E-state index in [2.05, 4.69) is 20.3 Å². The highest BCUT2D eigenvalue weighted by Gasteiger charge is 2.30. The highest BCUT2D eigenvalue weighted by atomic mass is 19.4. The largest absolute Gasteiger partial charge is 0.416 e. The third-order valence-electron chi connectivity index (χ3n) is 4.80. The van der Waals surface area contributed by atoms with Crippen molar-refractivity contribution in [1.29, 1.82) is 0 Å². The first-order chi connectivity index (χ1) is 13.8. The van der Waals surface area contributed by atoms with E-state index < -0.39 is 11.7 Å². The number of nitrogens with zero attached hydrogens (tertiary/aromatic N) is 3. The molecule has 1 aromatic carbocycles. The van der Waals surface area contributed by atoms with E-state index in [0.29, 0.717) is 35.9 Å².